The maximum Gasteiger partial charge on any atom is 0.185 e. The van der Waals surface area contributed by atoms with Crippen molar-refractivity contribution in [3.63, 3.8) is 0 Å². The zero-order chi connectivity index (χ0) is 14.4. The highest BCUT2D eigenvalue weighted by Crippen LogP contribution is 2.15. The van der Waals surface area contributed by atoms with E-state index in [0.29, 0.717) is 11.1 Å². The summed E-state index contributed by atoms with van der Waals surface area (Å²) in [5.41, 5.74) is 2.19. The van der Waals surface area contributed by atoms with Gasteiger partial charge < -0.3 is 0 Å². The number of carbonyl (C=O) groups is 1. The zero-order valence-electron chi connectivity index (χ0n) is 11.0. The number of nitrogens with zero attached hydrogens (tertiary/aromatic N) is 1. The van der Waals surface area contributed by atoms with Crippen molar-refractivity contribution in [1.29, 1.82) is 5.26 Å². The molecule has 0 radical (unpaired) electrons. The molecule has 0 amide bonds. The number of nitriles is 1. The monoisotopic (exact) mass is 279 g/mol. The van der Waals surface area contributed by atoms with E-state index in [9.17, 15) is 4.79 Å². The molecule has 0 atom stereocenters. The number of carbonyl (C=O) groups excluding carboxylic acids is 1. The molecule has 2 nitrogen and oxygen atoms in total. The number of rotatable bonds is 4. The Balaban J connectivity index is 2.09. The fraction of sp³-hybridized carbons (Fsp3) is 0.0588. The van der Waals surface area contributed by atoms with Crippen molar-refractivity contribution >= 4 is 23.6 Å². The van der Waals surface area contributed by atoms with E-state index < -0.39 is 0 Å². The Kier molecular flexibility index (Phi) is 4.75. The number of hydrogen-bond acceptors (Lipinski definition) is 3. The molecule has 3 heteroatoms. The first-order chi connectivity index (χ1) is 9.72. The molecule has 2 aromatic rings. The van der Waals surface area contributed by atoms with Crippen molar-refractivity contribution in [3.8, 4) is 6.07 Å². The molecule has 0 fully saturated rings. The molecule has 98 valence electrons. The zero-order valence-corrected chi connectivity index (χ0v) is 11.9. The van der Waals surface area contributed by atoms with E-state index in [4.69, 9.17) is 5.26 Å². The van der Waals surface area contributed by atoms with Crippen molar-refractivity contribution in [3.05, 3.63) is 71.3 Å². The first-order valence-corrected chi connectivity index (χ1v) is 7.32. The van der Waals surface area contributed by atoms with E-state index in [1.54, 1.807) is 36.0 Å². The number of hydrogen-bond donors (Lipinski definition) is 0. The number of benzene rings is 2. The molecule has 0 saturated carbocycles. The highest BCUT2D eigenvalue weighted by molar-refractivity contribution is 7.98. The second-order valence-corrected chi connectivity index (χ2v) is 5.04. The van der Waals surface area contributed by atoms with Crippen molar-refractivity contribution in [1.82, 2.24) is 0 Å². The van der Waals surface area contributed by atoms with Crippen LogP contribution in [0.15, 0.2) is 59.5 Å². The second-order valence-electron chi connectivity index (χ2n) is 4.16. The van der Waals surface area contributed by atoms with Crippen molar-refractivity contribution in [2.75, 3.05) is 6.26 Å². The first kappa shape index (κ1) is 14.1. The van der Waals surface area contributed by atoms with E-state index in [-0.39, 0.29) is 5.78 Å². The lowest BCUT2D eigenvalue weighted by atomic mass is 10.1. The molecular formula is C17H13NOS. The van der Waals surface area contributed by atoms with Gasteiger partial charge >= 0.3 is 0 Å². The van der Waals surface area contributed by atoms with E-state index in [2.05, 4.69) is 6.07 Å². The Bertz CT molecular complexity index is 664. The molecule has 0 aliphatic carbocycles. The third-order valence-electron chi connectivity index (χ3n) is 2.84. The summed E-state index contributed by atoms with van der Waals surface area (Å²) in [6.07, 6.45) is 5.31. The molecule has 20 heavy (non-hydrogen) atoms. The lowest BCUT2D eigenvalue weighted by molar-refractivity contribution is 0.104. The molecule has 0 heterocycles. The molecule has 2 rings (SSSR count). The molecule has 2 aromatic carbocycles. The molecule has 0 aromatic heterocycles. The fourth-order valence-electron chi connectivity index (χ4n) is 1.69. The highest BCUT2D eigenvalue weighted by Gasteiger charge is 2.01. The van der Waals surface area contributed by atoms with Gasteiger partial charge in [0.05, 0.1) is 11.6 Å². The SMILES string of the molecule is CSc1ccc(C(=O)/C=C/c2ccc(C#N)cc2)cc1. The van der Waals surface area contributed by atoms with Gasteiger partial charge in [-0.25, -0.2) is 0 Å². The van der Waals surface area contributed by atoms with Crippen LogP contribution in [0.3, 0.4) is 0 Å². The van der Waals surface area contributed by atoms with Gasteiger partial charge in [-0.1, -0.05) is 18.2 Å². The van der Waals surface area contributed by atoms with Crippen molar-refractivity contribution < 1.29 is 4.79 Å². The van der Waals surface area contributed by atoms with Crippen LogP contribution in [-0.2, 0) is 0 Å². The summed E-state index contributed by atoms with van der Waals surface area (Å²) in [6.45, 7) is 0. The van der Waals surface area contributed by atoms with Crippen LogP contribution in [0.25, 0.3) is 6.08 Å². The van der Waals surface area contributed by atoms with E-state index in [1.165, 1.54) is 0 Å². The van der Waals surface area contributed by atoms with Gasteiger partial charge in [-0.2, -0.15) is 5.26 Å². The lowest BCUT2D eigenvalue weighted by Crippen LogP contribution is -1.93. The van der Waals surface area contributed by atoms with Crippen LogP contribution in [0.1, 0.15) is 21.5 Å². The number of thioether (sulfide) groups is 1. The Morgan fingerprint density at radius 1 is 1.10 bits per heavy atom. The summed E-state index contributed by atoms with van der Waals surface area (Å²) in [5, 5.41) is 8.71. The maximum atomic E-state index is 12.0. The second kappa shape index (κ2) is 6.74. The molecule has 0 saturated heterocycles. The standard InChI is InChI=1S/C17H13NOS/c1-20-16-9-7-15(8-10-16)17(19)11-6-13-2-4-14(12-18)5-3-13/h2-11H,1H3/b11-6+. The summed E-state index contributed by atoms with van der Waals surface area (Å²) < 4.78 is 0. The van der Waals surface area contributed by atoms with Gasteiger partial charge in [0, 0.05) is 10.5 Å². The van der Waals surface area contributed by atoms with Gasteiger partial charge in [0.2, 0.25) is 0 Å². The van der Waals surface area contributed by atoms with Crippen LogP contribution in [0.2, 0.25) is 0 Å². The Morgan fingerprint density at radius 2 is 1.75 bits per heavy atom. The quantitative estimate of drug-likeness (QED) is 0.479. The van der Waals surface area contributed by atoms with Crippen LogP contribution in [0.5, 0.6) is 0 Å². The molecule has 0 aliphatic heterocycles. The third-order valence-corrected chi connectivity index (χ3v) is 3.59. The van der Waals surface area contributed by atoms with Gasteiger partial charge in [0.25, 0.3) is 0 Å². The van der Waals surface area contributed by atoms with Gasteiger partial charge in [-0.15, -0.1) is 11.8 Å². The fourth-order valence-corrected chi connectivity index (χ4v) is 2.10. The van der Waals surface area contributed by atoms with Crippen LogP contribution in [0, 0.1) is 11.3 Å². The molecule has 0 spiro atoms. The Labute approximate surface area is 122 Å². The van der Waals surface area contributed by atoms with Crippen LogP contribution < -0.4 is 0 Å². The van der Waals surface area contributed by atoms with E-state index in [0.717, 1.165) is 10.5 Å². The smallest absolute Gasteiger partial charge is 0.185 e. The minimum atomic E-state index is -0.0259. The van der Waals surface area contributed by atoms with Crippen LogP contribution in [-0.4, -0.2) is 12.0 Å². The number of ketones is 1. The van der Waals surface area contributed by atoms with Crippen molar-refractivity contribution in [2.24, 2.45) is 0 Å². The predicted octanol–water partition coefficient (Wildman–Crippen LogP) is 4.18. The minimum absolute atomic E-state index is 0.0259. The number of allylic oxidation sites excluding steroid dienone is 1. The summed E-state index contributed by atoms with van der Waals surface area (Å²) in [4.78, 5) is 13.1. The molecule has 0 bridgehead atoms. The largest absolute Gasteiger partial charge is 0.289 e. The Morgan fingerprint density at radius 3 is 2.30 bits per heavy atom. The Hall–Kier alpha value is -2.31. The molecule has 0 N–H and O–H groups in total. The first-order valence-electron chi connectivity index (χ1n) is 6.09. The topological polar surface area (TPSA) is 40.9 Å². The van der Waals surface area contributed by atoms with E-state index >= 15 is 0 Å². The summed E-state index contributed by atoms with van der Waals surface area (Å²) in [7, 11) is 0. The molecular weight excluding hydrogens is 266 g/mol. The lowest BCUT2D eigenvalue weighted by Gasteiger charge is -1.98. The predicted molar refractivity (Wildman–Crippen MR) is 82.7 cm³/mol. The van der Waals surface area contributed by atoms with Gasteiger partial charge in [-0.3, -0.25) is 4.79 Å². The van der Waals surface area contributed by atoms with Crippen LogP contribution in [0.4, 0.5) is 0 Å². The normalized spacial score (nSPS) is 10.4. The van der Waals surface area contributed by atoms with E-state index in [1.807, 2.05) is 42.7 Å². The summed E-state index contributed by atoms with van der Waals surface area (Å²) in [6, 6.07) is 16.7. The third kappa shape index (κ3) is 3.59. The average molecular weight is 279 g/mol. The highest BCUT2D eigenvalue weighted by atomic mass is 32.2. The maximum absolute atomic E-state index is 12.0. The molecule has 0 aliphatic rings. The average Bonchev–Trinajstić information content (AvgIpc) is 2.53. The van der Waals surface area contributed by atoms with Gasteiger partial charge in [-0.05, 0) is 54.3 Å². The van der Waals surface area contributed by atoms with Crippen molar-refractivity contribution in [2.45, 2.75) is 4.90 Å². The molecule has 0 unspecified atom stereocenters. The summed E-state index contributed by atoms with van der Waals surface area (Å²) >= 11 is 1.65. The van der Waals surface area contributed by atoms with Gasteiger partial charge in [0.1, 0.15) is 0 Å². The van der Waals surface area contributed by atoms with Gasteiger partial charge in [0.15, 0.2) is 5.78 Å². The van der Waals surface area contributed by atoms with Crippen LogP contribution >= 0.6 is 11.8 Å². The minimum Gasteiger partial charge on any atom is -0.289 e. The summed E-state index contributed by atoms with van der Waals surface area (Å²) in [5.74, 6) is -0.0259.